The van der Waals surface area contributed by atoms with Crippen molar-refractivity contribution < 1.29 is 14.3 Å². The third kappa shape index (κ3) is 9.08. The Morgan fingerprint density at radius 2 is 1.78 bits per heavy atom. The Balaban J connectivity index is 2.46. The number of allylic oxidation sites excluding steroid dienone is 2. The molecule has 0 aliphatic heterocycles. The molecule has 0 spiro atoms. The van der Waals surface area contributed by atoms with Crippen molar-refractivity contribution in [1.29, 1.82) is 0 Å². The van der Waals surface area contributed by atoms with Crippen LogP contribution in [0.15, 0.2) is 11.1 Å². The van der Waals surface area contributed by atoms with Gasteiger partial charge in [-0.15, -0.1) is 0 Å². The lowest BCUT2D eigenvalue weighted by Crippen LogP contribution is -2.23. The van der Waals surface area contributed by atoms with Crippen LogP contribution >= 0.6 is 0 Å². The van der Waals surface area contributed by atoms with Gasteiger partial charge in [0.15, 0.2) is 0 Å². The van der Waals surface area contributed by atoms with E-state index in [1.54, 1.807) is 11.1 Å². The van der Waals surface area contributed by atoms with E-state index in [1.807, 2.05) is 6.92 Å². The van der Waals surface area contributed by atoms with Crippen LogP contribution < -0.4 is 0 Å². The highest BCUT2D eigenvalue weighted by molar-refractivity contribution is 5.81. The van der Waals surface area contributed by atoms with Gasteiger partial charge < -0.3 is 4.74 Å². The van der Waals surface area contributed by atoms with Gasteiger partial charge in [-0.25, -0.2) is 0 Å². The van der Waals surface area contributed by atoms with Gasteiger partial charge in [0, 0.05) is 19.3 Å². The van der Waals surface area contributed by atoms with Crippen LogP contribution in [0.2, 0.25) is 0 Å². The van der Waals surface area contributed by atoms with Crippen molar-refractivity contribution in [1.82, 2.24) is 0 Å². The van der Waals surface area contributed by atoms with Crippen molar-refractivity contribution in [2.45, 2.75) is 106 Å². The van der Waals surface area contributed by atoms with Crippen LogP contribution in [0, 0.1) is 23.7 Å². The van der Waals surface area contributed by atoms with Gasteiger partial charge in [-0.3, -0.25) is 9.59 Å². The van der Waals surface area contributed by atoms with Crippen molar-refractivity contribution >= 4 is 11.8 Å². The van der Waals surface area contributed by atoms with Crippen LogP contribution in [-0.2, 0) is 14.3 Å². The van der Waals surface area contributed by atoms with Crippen LogP contribution in [0.1, 0.15) is 99.8 Å². The highest BCUT2D eigenvalue weighted by Crippen LogP contribution is 2.39. The molecule has 156 valence electrons. The van der Waals surface area contributed by atoms with Gasteiger partial charge in [0.05, 0.1) is 6.10 Å². The molecule has 1 saturated carbocycles. The van der Waals surface area contributed by atoms with E-state index in [1.165, 1.54) is 32.6 Å². The second-order valence-corrected chi connectivity index (χ2v) is 9.39. The molecule has 0 radical (unpaired) electrons. The van der Waals surface area contributed by atoms with Gasteiger partial charge in [0.2, 0.25) is 0 Å². The lowest BCUT2D eigenvalue weighted by atomic mass is 9.84. The summed E-state index contributed by atoms with van der Waals surface area (Å²) in [5.41, 5.74) is 3.18. The zero-order chi connectivity index (χ0) is 20.6. The molecule has 27 heavy (non-hydrogen) atoms. The SMILES string of the molecule is CC(=O)OC(C)C[C@@H](C)CC(=O)C(C)C1CC/C(=C(/C)CCCC(C)C)C1. The van der Waals surface area contributed by atoms with E-state index in [-0.39, 0.29) is 23.9 Å². The van der Waals surface area contributed by atoms with Crippen LogP contribution in [0.25, 0.3) is 0 Å². The minimum Gasteiger partial charge on any atom is -0.463 e. The molecule has 1 aliphatic rings. The number of carbonyl (C=O) groups excluding carboxylic acids is 2. The molecule has 3 nitrogen and oxygen atoms in total. The molecule has 3 unspecified atom stereocenters. The highest BCUT2D eigenvalue weighted by atomic mass is 16.5. The summed E-state index contributed by atoms with van der Waals surface area (Å²) in [6.07, 6.45) is 8.47. The Morgan fingerprint density at radius 1 is 1.11 bits per heavy atom. The number of Topliss-reactive ketones (excluding diaryl/α,β-unsaturated/α-hetero) is 1. The Morgan fingerprint density at radius 3 is 2.37 bits per heavy atom. The summed E-state index contributed by atoms with van der Waals surface area (Å²) in [7, 11) is 0. The van der Waals surface area contributed by atoms with Crippen LogP contribution in [-0.4, -0.2) is 17.9 Å². The topological polar surface area (TPSA) is 43.4 Å². The summed E-state index contributed by atoms with van der Waals surface area (Å²) in [6.45, 7) is 14.4. The molecule has 0 heterocycles. The van der Waals surface area contributed by atoms with Crippen molar-refractivity contribution in [3.63, 3.8) is 0 Å². The zero-order valence-corrected chi connectivity index (χ0v) is 18.8. The van der Waals surface area contributed by atoms with E-state index in [9.17, 15) is 9.59 Å². The predicted octanol–water partition coefficient (Wildman–Crippen LogP) is 6.50. The summed E-state index contributed by atoms with van der Waals surface area (Å²) in [4.78, 5) is 23.8. The average Bonchev–Trinajstić information content (AvgIpc) is 3.02. The number of rotatable bonds is 11. The molecule has 0 bridgehead atoms. The molecule has 0 N–H and O–H groups in total. The first-order valence-corrected chi connectivity index (χ1v) is 11.0. The number of hydrogen-bond donors (Lipinski definition) is 0. The second kappa shape index (κ2) is 11.7. The van der Waals surface area contributed by atoms with Crippen LogP contribution in [0.3, 0.4) is 0 Å². The van der Waals surface area contributed by atoms with E-state index >= 15 is 0 Å². The molecular weight excluding hydrogens is 336 g/mol. The van der Waals surface area contributed by atoms with Gasteiger partial charge >= 0.3 is 5.97 Å². The Labute approximate surface area is 167 Å². The predicted molar refractivity (Wildman–Crippen MR) is 113 cm³/mol. The normalized spacial score (nSPS) is 22.4. The molecular formula is C24H42O3. The summed E-state index contributed by atoms with van der Waals surface area (Å²) in [5, 5.41) is 0. The van der Waals surface area contributed by atoms with Crippen LogP contribution in [0.5, 0.6) is 0 Å². The first-order chi connectivity index (χ1) is 12.6. The van der Waals surface area contributed by atoms with Gasteiger partial charge in [-0.1, -0.05) is 45.3 Å². The maximum Gasteiger partial charge on any atom is 0.302 e. The molecule has 0 aromatic rings. The Bertz CT molecular complexity index is 518. The summed E-state index contributed by atoms with van der Waals surface area (Å²) in [5.74, 6) is 1.80. The lowest BCUT2D eigenvalue weighted by Gasteiger charge is -2.21. The summed E-state index contributed by atoms with van der Waals surface area (Å²) in [6, 6.07) is 0. The zero-order valence-electron chi connectivity index (χ0n) is 18.8. The second-order valence-electron chi connectivity index (χ2n) is 9.39. The smallest absolute Gasteiger partial charge is 0.302 e. The van der Waals surface area contributed by atoms with E-state index in [0.29, 0.717) is 18.1 Å². The maximum atomic E-state index is 12.7. The molecule has 1 aliphatic carbocycles. The average molecular weight is 379 g/mol. The minimum absolute atomic E-state index is 0.116. The van der Waals surface area contributed by atoms with Gasteiger partial charge in [-0.2, -0.15) is 0 Å². The maximum absolute atomic E-state index is 12.7. The number of ether oxygens (including phenoxy) is 1. The number of hydrogen-bond acceptors (Lipinski definition) is 3. The number of ketones is 1. The van der Waals surface area contributed by atoms with Gasteiger partial charge in [0.1, 0.15) is 5.78 Å². The van der Waals surface area contributed by atoms with Gasteiger partial charge in [0.25, 0.3) is 0 Å². The Hall–Kier alpha value is -1.12. The minimum atomic E-state index is -0.247. The quantitative estimate of drug-likeness (QED) is 0.304. The molecule has 4 atom stereocenters. The van der Waals surface area contributed by atoms with Crippen molar-refractivity contribution in [2.75, 3.05) is 0 Å². The molecule has 0 amide bonds. The van der Waals surface area contributed by atoms with E-state index in [4.69, 9.17) is 4.74 Å². The van der Waals surface area contributed by atoms with E-state index in [2.05, 4.69) is 34.6 Å². The fraction of sp³-hybridized carbons (Fsp3) is 0.833. The lowest BCUT2D eigenvalue weighted by molar-refractivity contribution is -0.146. The summed E-state index contributed by atoms with van der Waals surface area (Å²) >= 11 is 0. The van der Waals surface area contributed by atoms with Crippen molar-refractivity contribution in [3.8, 4) is 0 Å². The Kier molecular flexibility index (Phi) is 10.3. The number of esters is 1. The summed E-state index contributed by atoms with van der Waals surface area (Å²) < 4.78 is 5.19. The number of carbonyl (C=O) groups is 2. The first kappa shape index (κ1) is 23.9. The largest absolute Gasteiger partial charge is 0.463 e. The molecule has 0 aromatic heterocycles. The highest BCUT2D eigenvalue weighted by Gasteiger charge is 2.30. The third-order valence-electron chi connectivity index (χ3n) is 6.13. The third-order valence-corrected chi connectivity index (χ3v) is 6.13. The molecule has 0 aromatic carbocycles. The van der Waals surface area contributed by atoms with Crippen molar-refractivity contribution in [2.24, 2.45) is 23.7 Å². The molecule has 3 heteroatoms. The fourth-order valence-electron chi connectivity index (χ4n) is 4.42. The standard InChI is InChI=1S/C24H42O3/c1-16(2)9-8-10-18(4)22-11-12-23(15-22)20(6)24(26)14-17(3)13-19(5)27-21(7)25/h16-17,19-20,23H,8-15H2,1-7H3/b22-18+/t17-,19?,20?,23?/m1/s1. The molecule has 1 fully saturated rings. The van der Waals surface area contributed by atoms with Crippen LogP contribution in [0.4, 0.5) is 0 Å². The van der Waals surface area contributed by atoms with Gasteiger partial charge in [-0.05, 0) is 70.1 Å². The van der Waals surface area contributed by atoms with E-state index in [0.717, 1.165) is 25.2 Å². The monoisotopic (exact) mass is 378 g/mol. The molecule has 1 rings (SSSR count). The molecule has 0 saturated heterocycles. The van der Waals surface area contributed by atoms with E-state index < -0.39 is 0 Å². The fourth-order valence-corrected chi connectivity index (χ4v) is 4.42. The van der Waals surface area contributed by atoms with Crippen molar-refractivity contribution in [3.05, 3.63) is 11.1 Å². The first-order valence-electron chi connectivity index (χ1n) is 11.0.